The Labute approximate surface area is 95.8 Å². The zero-order valence-electron chi connectivity index (χ0n) is 10.1. The van der Waals surface area contributed by atoms with Gasteiger partial charge in [-0.05, 0) is 32.6 Å². The van der Waals surface area contributed by atoms with Gasteiger partial charge >= 0.3 is 12.0 Å². The summed E-state index contributed by atoms with van der Waals surface area (Å²) < 4.78 is 0. The van der Waals surface area contributed by atoms with Crippen LogP contribution in [0, 0.1) is 5.92 Å². The van der Waals surface area contributed by atoms with Crippen molar-refractivity contribution in [2.45, 2.75) is 45.7 Å². The number of hydrogen-bond donors (Lipinski definition) is 2. The van der Waals surface area contributed by atoms with Crippen LogP contribution in [0.25, 0.3) is 0 Å². The van der Waals surface area contributed by atoms with Crippen LogP contribution in [-0.2, 0) is 4.79 Å². The lowest BCUT2D eigenvalue weighted by Crippen LogP contribution is -2.54. The summed E-state index contributed by atoms with van der Waals surface area (Å²) in [6, 6.07) is -0.918. The third-order valence-electron chi connectivity index (χ3n) is 2.82. The molecule has 0 aromatic heterocycles. The standard InChI is InChI=1S/C11H20N2O3/c1-7(2)12-11(16)13-5-4-8(3)6-9(13)10(14)15/h7-9H,4-6H2,1-3H3,(H,12,16)(H,14,15). The molecular formula is C11H20N2O3. The predicted molar refractivity (Wildman–Crippen MR) is 60.2 cm³/mol. The van der Waals surface area contributed by atoms with Crippen molar-refractivity contribution in [3.63, 3.8) is 0 Å². The summed E-state index contributed by atoms with van der Waals surface area (Å²) in [5, 5.41) is 11.8. The second-order valence-electron chi connectivity index (χ2n) is 4.78. The number of nitrogens with zero attached hydrogens (tertiary/aromatic N) is 1. The molecule has 2 unspecified atom stereocenters. The number of likely N-dealkylation sites (tertiary alicyclic amines) is 1. The SMILES string of the molecule is CC1CCN(C(=O)NC(C)C)C(C(=O)O)C1. The first-order valence-corrected chi connectivity index (χ1v) is 5.71. The minimum atomic E-state index is -0.912. The van der Waals surface area contributed by atoms with Crippen molar-refractivity contribution in [3.05, 3.63) is 0 Å². The fourth-order valence-corrected chi connectivity index (χ4v) is 1.95. The van der Waals surface area contributed by atoms with Gasteiger partial charge in [-0.1, -0.05) is 6.92 Å². The lowest BCUT2D eigenvalue weighted by molar-refractivity contribution is -0.143. The first-order valence-electron chi connectivity index (χ1n) is 5.71. The molecule has 1 aliphatic rings. The molecule has 0 spiro atoms. The Hall–Kier alpha value is -1.26. The van der Waals surface area contributed by atoms with Crippen molar-refractivity contribution >= 4 is 12.0 Å². The fraction of sp³-hybridized carbons (Fsp3) is 0.818. The van der Waals surface area contributed by atoms with Crippen LogP contribution in [0.3, 0.4) is 0 Å². The molecule has 5 heteroatoms. The van der Waals surface area contributed by atoms with E-state index in [0.717, 1.165) is 6.42 Å². The van der Waals surface area contributed by atoms with Crippen molar-refractivity contribution in [2.24, 2.45) is 5.92 Å². The van der Waals surface area contributed by atoms with Crippen LogP contribution in [0.5, 0.6) is 0 Å². The molecule has 2 N–H and O–H groups in total. The number of carbonyl (C=O) groups is 2. The van der Waals surface area contributed by atoms with Crippen molar-refractivity contribution < 1.29 is 14.7 Å². The van der Waals surface area contributed by atoms with Crippen LogP contribution in [0.2, 0.25) is 0 Å². The molecular weight excluding hydrogens is 208 g/mol. The van der Waals surface area contributed by atoms with Gasteiger partial charge in [0.2, 0.25) is 0 Å². The summed E-state index contributed by atoms with van der Waals surface area (Å²) in [6.45, 7) is 6.27. The fourth-order valence-electron chi connectivity index (χ4n) is 1.95. The molecule has 16 heavy (non-hydrogen) atoms. The Morgan fingerprint density at radius 2 is 2.06 bits per heavy atom. The zero-order chi connectivity index (χ0) is 12.3. The number of hydrogen-bond acceptors (Lipinski definition) is 2. The van der Waals surface area contributed by atoms with Gasteiger partial charge in [0.15, 0.2) is 0 Å². The highest BCUT2D eigenvalue weighted by atomic mass is 16.4. The predicted octanol–water partition coefficient (Wildman–Crippen LogP) is 1.29. The quantitative estimate of drug-likeness (QED) is 0.748. The Balaban J connectivity index is 2.69. The number of nitrogens with one attached hydrogen (secondary N) is 1. The number of rotatable bonds is 2. The molecule has 1 heterocycles. The Morgan fingerprint density at radius 1 is 1.44 bits per heavy atom. The topological polar surface area (TPSA) is 69.6 Å². The van der Waals surface area contributed by atoms with Gasteiger partial charge < -0.3 is 15.3 Å². The number of amides is 2. The lowest BCUT2D eigenvalue weighted by atomic mass is 9.93. The summed E-state index contributed by atoms with van der Waals surface area (Å²) in [6.07, 6.45) is 1.41. The summed E-state index contributed by atoms with van der Waals surface area (Å²) in [7, 11) is 0. The smallest absolute Gasteiger partial charge is 0.326 e. The van der Waals surface area contributed by atoms with E-state index in [1.54, 1.807) is 0 Å². The van der Waals surface area contributed by atoms with Crippen LogP contribution in [-0.4, -0.2) is 40.6 Å². The van der Waals surface area contributed by atoms with Crippen LogP contribution in [0.15, 0.2) is 0 Å². The molecule has 0 aromatic rings. The average Bonchev–Trinajstić information content (AvgIpc) is 2.16. The Kier molecular flexibility index (Phi) is 4.15. The monoisotopic (exact) mass is 228 g/mol. The van der Waals surface area contributed by atoms with Gasteiger partial charge in [-0.15, -0.1) is 0 Å². The van der Waals surface area contributed by atoms with E-state index in [2.05, 4.69) is 5.32 Å². The molecule has 0 aromatic carbocycles. The van der Waals surface area contributed by atoms with Gasteiger partial charge in [0.1, 0.15) is 6.04 Å². The number of carbonyl (C=O) groups excluding carboxylic acids is 1. The van der Waals surface area contributed by atoms with Gasteiger partial charge in [0.05, 0.1) is 0 Å². The van der Waals surface area contributed by atoms with E-state index in [-0.39, 0.29) is 12.1 Å². The van der Waals surface area contributed by atoms with E-state index in [0.29, 0.717) is 18.9 Å². The second kappa shape index (κ2) is 5.18. The maximum Gasteiger partial charge on any atom is 0.326 e. The van der Waals surface area contributed by atoms with Crippen LogP contribution >= 0.6 is 0 Å². The molecule has 1 aliphatic heterocycles. The molecule has 5 nitrogen and oxygen atoms in total. The maximum atomic E-state index is 11.8. The van der Waals surface area contributed by atoms with E-state index in [4.69, 9.17) is 5.11 Å². The number of carboxylic acid groups (broad SMARTS) is 1. The van der Waals surface area contributed by atoms with E-state index in [9.17, 15) is 9.59 Å². The normalized spacial score (nSPS) is 25.6. The Bertz CT molecular complexity index is 278. The van der Waals surface area contributed by atoms with Gasteiger partial charge in [0.25, 0.3) is 0 Å². The second-order valence-corrected chi connectivity index (χ2v) is 4.78. The van der Waals surface area contributed by atoms with Gasteiger partial charge in [0, 0.05) is 12.6 Å². The van der Waals surface area contributed by atoms with Gasteiger partial charge in [-0.3, -0.25) is 0 Å². The van der Waals surface area contributed by atoms with Crippen LogP contribution in [0.4, 0.5) is 4.79 Å². The van der Waals surface area contributed by atoms with E-state index in [1.165, 1.54) is 4.90 Å². The summed E-state index contributed by atoms with van der Waals surface area (Å²) in [4.78, 5) is 24.3. The van der Waals surface area contributed by atoms with Gasteiger partial charge in [-0.2, -0.15) is 0 Å². The summed E-state index contributed by atoms with van der Waals surface area (Å²) >= 11 is 0. The molecule has 2 atom stereocenters. The molecule has 1 fully saturated rings. The third-order valence-corrected chi connectivity index (χ3v) is 2.82. The van der Waals surface area contributed by atoms with Gasteiger partial charge in [-0.25, -0.2) is 9.59 Å². The maximum absolute atomic E-state index is 11.8. The summed E-state index contributed by atoms with van der Waals surface area (Å²) in [5.74, 6) is -0.547. The molecule has 0 saturated carbocycles. The molecule has 92 valence electrons. The third kappa shape index (κ3) is 3.12. The highest BCUT2D eigenvalue weighted by Crippen LogP contribution is 2.22. The first kappa shape index (κ1) is 12.8. The number of urea groups is 1. The van der Waals surface area contributed by atoms with Crippen molar-refractivity contribution in [1.82, 2.24) is 10.2 Å². The lowest BCUT2D eigenvalue weighted by Gasteiger charge is -2.36. The molecule has 0 aliphatic carbocycles. The number of carboxylic acids is 1. The summed E-state index contributed by atoms with van der Waals surface area (Å²) in [5.41, 5.74) is 0. The molecule has 0 bridgehead atoms. The number of piperidine rings is 1. The molecule has 0 radical (unpaired) electrons. The minimum Gasteiger partial charge on any atom is -0.480 e. The van der Waals surface area contributed by atoms with Crippen LogP contribution < -0.4 is 5.32 Å². The molecule has 1 saturated heterocycles. The highest BCUT2D eigenvalue weighted by Gasteiger charge is 2.34. The average molecular weight is 228 g/mol. The van der Waals surface area contributed by atoms with E-state index in [1.807, 2.05) is 20.8 Å². The van der Waals surface area contributed by atoms with Crippen LogP contribution in [0.1, 0.15) is 33.6 Å². The number of aliphatic carboxylic acids is 1. The minimum absolute atomic E-state index is 0.0290. The molecule has 1 rings (SSSR count). The Morgan fingerprint density at radius 3 is 2.56 bits per heavy atom. The highest BCUT2D eigenvalue weighted by molar-refractivity contribution is 5.83. The largest absolute Gasteiger partial charge is 0.480 e. The van der Waals surface area contributed by atoms with Crippen molar-refractivity contribution in [3.8, 4) is 0 Å². The van der Waals surface area contributed by atoms with E-state index >= 15 is 0 Å². The molecule has 2 amide bonds. The van der Waals surface area contributed by atoms with Crippen molar-refractivity contribution in [2.75, 3.05) is 6.54 Å². The first-order chi connectivity index (χ1) is 7.41. The zero-order valence-corrected chi connectivity index (χ0v) is 10.1. The van der Waals surface area contributed by atoms with Crippen molar-refractivity contribution in [1.29, 1.82) is 0 Å². The van der Waals surface area contributed by atoms with E-state index < -0.39 is 12.0 Å².